The lowest BCUT2D eigenvalue weighted by atomic mass is 10.2. The molecule has 23 heavy (non-hydrogen) atoms. The van der Waals surface area contributed by atoms with E-state index < -0.39 is 0 Å². The van der Waals surface area contributed by atoms with Crippen LogP contribution >= 0.6 is 23.4 Å². The van der Waals surface area contributed by atoms with Gasteiger partial charge >= 0.3 is 0 Å². The average Bonchev–Trinajstić information content (AvgIpc) is 2.82. The largest absolute Gasteiger partial charge is 0.385 e. The Hall–Kier alpha value is -1.30. The Morgan fingerprint density at radius 2 is 2.22 bits per heavy atom. The standard InChI is InChI=1S/C17H21ClN2O2S/c1-12-10-14(13(2)20(12)8-5-9-22-3)16(21)11-23-17-15(18)6-4-7-19-17/h4,6-7,10H,5,8-9,11H2,1-3H3. The van der Waals surface area contributed by atoms with Crippen molar-refractivity contribution in [1.82, 2.24) is 9.55 Å². The van der Waals surface area contributed by atoms with Crippen molar-refractivity contribution >= 4 is 29.1 Å². The minimum absolute atomic E-state index is 0.0998. The number of ketones is 1. The second-order valence-electron chi connectivity index (χ2n) is 5.29. The number of rotatable bonds is 8. The molecular formula is C17H21ClN2O2S. The zero-order valence-corrected chi connectivity index (χ0v) is 15.2. The zero-order valence-electron chi connectivity index (χ0n) is 13.6. The quantitative estimate of drug-likeness (QED) is 0.406. The van der Waals surface area contributed by atoms with Crippen LogP contribution in [0, 0.1) is 13.8 Å². The van der Waals surface area contributed by atoms with E-state index in [1.165, 1.54) is 11.8 Å². The van der Waals surface area contributed by atoms with Gasteiger partial charge in [-0.25, -0.2) is 4.98 Å². The van der Waals surface area contributed by atoms with E-state index in [0.29, 0.717) is 22.4 Å². The van der Waals surface area contributed by atoms with Crippen molar-refractivity contribution in [2.75, 3.05) is 19.5 Å². The van der Waals surface area contributed by atoms with Crippen molar-refractivity contribution in [3.8, 4) is 0 Å². The molecular weight excluding hydrogens is 332 g/mol. The van der Waals surface area contributed by atoms with E-state index >= 15 is 0 Å². The van der Waals surface area contributed by atoms with Crippen molar-refractivity contribution in [2.45, 2.75) is 31.8 Å². The number of halogens is 1. The van der Waals surface area contributed by atoms with Crippen LogP contribution < -0.4 is 0 Å². The van der Waals surface area contributed by atoms with E-state index in [1.54, 1.807) is 25.4 Å². The zero-order chi connectivity index (χ0) is 16.8. The summed E-state index contributed by atoms with van der Waals surface area (Å²) in [7, 11) is 1.70. The number of methoxy groups -OCH3 is 1. The molecule has 2 heterocycles. The maximum Gasteiger partial charge on any atom is 0.174 e. The predicted octanol–water partition coefficient (Wildman–Crippen LogP) is 4.16. The van der Waals surface area contributed by atoms with Gasteiger partial charge in [-0.15, -0.1) is 0 Å². The van der Waals surface area contributed by atoms with Crippen molar-refractivity contribution in [1.29, 1.82) is 0 Å². The lowest BCUT2D eigenvalue weighted by molar-refractivity contribution is 0.102. The molecule has 2 aromatic heterocycles. The Bertz CT molecular complexity index is 685. The predicted molar refractivity (Wildman–Crippen MR) is 94.7 cm³/mol. The van der Waals surface area contributed by atoms with Gasteiger partial charge in [0.15, 0.2) is 5.78 Å². The molecule has 0 spiro atoms. The fourth-order valence-electron chi connectivity index (χ4n) is 2.48. The minimum Gasteiger partial charge on any atom is -0.385 e. The number of hydrogen-bond donors (Lipinski definition) is 0. The molecule has 2 rings (SSSR count). The normalized spacial score (nSPS) is 11.0. The summed E-state index contributed by atoms with van der Waals surface area (Å²) >= 11 is 7.45. The highest BCUT2D eigenvalue weighted by molar-refractivity contribution is 8.00. The van der Waals surface area contributed by atoms with Gasteiger partial charge in [0.1, 0.15) is 5.03 Å². The summed E-state index contributed by atoms with van der Waals surface area (Å²) in [4.78, 5) is 16.7. The Labute approximate surface area is 146 Å². The van der Waals surface area contributed by atoms with E-state index in [4.69, 9.17) is 16.3 Å². The van der Waals surface area contributed by atoms with E-state index in [2.05, 4.69) is 9.55 Å². The number of ether oxygens (including phenoxy) is 1. The van der Waals surface area contributed by atoms with Gasteiger partial charge in [0.2, 0.25) is 0 Å². The Morgan fingerprint density at radius 1 is 1.43 bits per heavy atom. The summed E-state index contributed by atoms with van der Waals surface area (Å²) in [6, 6.07) is 5.52. The number of nitrogens with zero attached hydrogens (tertiary/aromatic N) is 2. The van der Waals surface area contributed by atoms with Crippen LogP contribution in [-0.2, 0) is 11.3 Å². The third-order valence-corrected chi connectivity index (χ3v) is 5.09. The van der Waals surface area contributed by atoms with Crippen LogP contribution in [0.4, 0.5) is 0 Å². The smallest absolute Gasteiger partial charge is 0.174 e. The van der Waals surface area contributed by atoms with Gasteiger partial charge in [0, 0.05) is 43.4 Å². The Balaban J connectivity index is 2.05. The molecule has 0 aromatic carbocycles. The van der Waals surface area contributed by atoms with Crippen molar-refractivity contribution in [3.63, 3.8) is 0 Å². The summed E-state index contributed by atoms with van der Waals surface area (Å²) in [6.07, 6.45) is 2.61. The van der Waals surface area contributed by atoms with Gasteiger partial charge in [-0.2, -0.15) is 0 Å². The van der Waals surface area contributed by atoms with Crippen LogP contribution in [0.25, 0.3) is 0 Å². The number of thioether (sulfide) groups is 1. The molecule has 0 aliphatic rings. The topological polar surface area (TPSA) is 44.1 Å². The maximum atomic E-state index is 12.5. The van der Waals surface area contributed by atoms with E-state index in [-0.39, 0.29) is 5.78 Å². The number of aryl methyl sites for hydroxylation is 1. The van der Waals surface area contributed by atoms with Crippen LogP contribution in [0.2, 0.25) is 5.02 Å². The number of pyridine rings is 1. The fourth-order valence-corrected chi connectivity index (χ4v) is 3.53. The van der Waals surface area contributed by atoms with E-state index in [9.17, 15) is 4.79 Å². The second-order valence-corrected chi connectivity index (χ2v) is 6.66. The van der Waals surface area contributed by atoms with Gasteiger partial charge in [0.25, 0.3) is 0 Å². The first-order chi connectivity index (χ1) is 11.0. The molecule has 2 aromatic rings. The molecule has 0 fully saturated rings. The molecule has 0 saturated heterocycles. The van der Waals surface area contributed by atoms with Crippen LogP contribution in [0.3, 0.4) is 0 Å². The molecule has 124 valence electrons. The van der Waals surface area contributed by atoms with E-state index in [1.807, 2.05) is 19.9 Å². The molecule has 0 bridgehead atoms. The third kappa shape index (κ3) is 4.59. The van der Waals surface area contributed by atoms with E-state index in [0.717, 1.165) is 29.9 Å². The molecule has 0 aliphatic carbocycles. The first-order valence-corrected chi connectivity index (χ1v) is 8.83. The summed E-state index contributed by atoms with van der Waals surface area (Å²) in [5.41, 5.74) is 2.89. The first-order valence-electron chi connectivity index (χ1n) is 7.46. The molecule has 0 saturated carbocycles. The number of Topliss-reactive ketones (excluding diaryl/α,β-unsaturated/α-hetero) is 1. The second kappa shape index (κ2) is 8.52. The molecule has 0 aliphatic heterocycles. The van der Waals surface area contributed by atoms with Gasteiger partial charge < -0.3 is 9.30 Å². The monoisotopic (exact) mass is 352 g/mol. The minimum atomic E-state index is 0.0998. The Kier molecular flexibility index (Phi) is 6.69. The van der Waals surface area contributed by atoms with Gasteiger partial charge in [0.05, 0.1) is 10.8 Å². The van der Waals surface area contributed by atoms with Crippen molar-refractivity contribution < 1.29 is 9.53 Å². The SMILES string of the molecule is COCCCn1c(C)cc(C(=O)CSc2ncccc2Cl)c1C. The van der Waals surface area contributed by atoms with Gasteiger partial charge in [-0.1, -0.05) is 23.4 Å². The summed E-state index contributed by atoms with van der Waals surface area (Å²) in [5, 5.41) is 1.27. The number of hydrogen-bond acceptors (Lipinski definition) is 4. The third-order valence-electron chi connectivity index (χ3n) is 3.67. The lowest BCUT2D eigenvalue weighted by Gasteiger charge is -2.09. The van der Waals surface area contributed by atoms with Gasteiger partial charge in [-0.05, 0) is 38.5 Å². The van der Waals surface area contributed by atoms with Crippen LogP contribution in [-0.4, -0.2) is 34.8 Å². The summed E-state index contributed by atoms with van der Waals surface area (Å²) in [5.74, 6) is 0.432. The molecule has 0 N–H and O–H groups in total. The average molecular weight is 353 g/mol. The lowest BCUT2D eigenvalue weighted by Crippen LogP contribution is -2.08. The molecule has 0 radical (unpaired) electrons. The molecule has 0 atom stereocenters. The molecule has 6 heteroatoms. The van der Waals surface area contributed by atoms with Crippen molar-refractivity contribution in [2.24, 2.45) is 0 Å². The maximum absolute atomic E-state index is 12.5. The molecule has 4 nitrogen and oxygen atoms in total. The van der Waals surface area contributed by atoms with Crippen LogP contribution in [0.15, 0.2) is 29.4 Å². The number of aromatic nitrogens is 2. The highest BCUT2D eigenvalue weighted by Crippen LogP contribution is 2.26. The summed E-state index contributed by atoms with van der Waals surface area (Å²) < 4.78 is 7.26. The number of carbonyl (C=O) groups excluding carboxylic acids is 1. The summed E-state index contributed by atoms with van der Waals surface area (Å²) in [6.45, 7) is 5.59. The highest BCUT2D eigenvalue weighted by atomic mass is 35.5. The van der Waals surface area contributed by atoms with Crippen LogP contribution in [0.1, 0.15) is 28.2 Å². The Morgan fingerprint density at radius 3 is 2.91 bits per heavy atom. The van der Waals surface area contributed by atoms with Gasteiger partial charge in [-0.3, -0.25) is 4.79 Å². The molecule has 0 unspecified atom stereocenters. The fraction of sp³-hybridized carbons (Fsp3) is 0.412. The number of carbonyl (C=O) groups is 1. The molecule has 0 amide bonds. The van der Waals surface area contributed by atoms with Crippen LogP contribution in [0.5, 0.6) is 0 Å². The highest BCUT2D eigenvalue weighted by Gasteiger charge is 2.16. The first kappa shape index (κ1) is 18.0. The van der Waals surface area contributed by atoms with Crippen molar-refractivity contribution in [3.05, 3.63) is 46.4 Å².